The summed E-state index contributed by atoms with van der Waals surface area (Å²) in [6.45, 7) is 0. The van der Waals surface area contributed by atoms with Gasteiger partial charge in [-0.05, 0) is 23.6 Å². The summed E-state index contributed by atoms with van der Waals surface area (Å²) in [6.07, 6.45) is 2.45. The van der Waals surface area contributed by atoms with E-state index in [1.54, 1.807) is 6.08 Å². The van der Waals surface area contributed by atoms with Crippen molar-refractivity contribution in [2.45, 2.75) is 6.42 Å². The fourth-order valence-electron chi connectivity index (χ4n) is 1.54. The molecule has 13 heavy (non-hydrogen) atoms. The molecule has 0 spiro atoms. The van der Waals surface area contributed by atoms with Gasteiger partial charge < -0.3 is 5.11 Å². The zero-order valence-corrected chi connectivity index (χ0v) is 8.34. The van der Waals surface area contributed by atoms with Gasteiger partial charge in [0.2, 0.25) is 0 Å². The number of benzene rings is 1. The molecule has 0 heterocycles. The summed E-state index contributed by atoms with van der Waals surface area (Å²) in [7, 11) is 0. The third kappa shape index (κ3) is 1.29. The van der Waals surface area contributed by atoms with Crippen LogP contribution in [0.4, 0.5) is 0 Å². The topological polar surface area (TPSA) is 37.3 Å². The van der Waals surface area contributed by atoms with Crippen LogP contribution in [0.15, 0.2) is 28.7 Å². The fraction of sp³-hybridized carbons (Fsp3) is 0.100. The molecule has 0 bridgehead atoms. The smallest absolute Gasteiger partial charge is 0.335 e. The molecule has 1 aromatic carbocycles. The number of hydrogen-bond acceptors (Lipinski definition) is 1. The quantitative estimate of drug-likeness (QED) is 0.817. The monoisotopic (exact) mass is 238 g/mol. The first-order valence-corrected chi connectivity index (χ1v) is 4.70. The summed E-state index contributed by atoms with van der Waals surface area (Å²) in [4.78, 5) is 10.8. The van der Waals surface area contributed by atoms with E-state index in [9.17, 15) is 4.79 Å². The molecule has 1 aliphatic carbocycles. The molecular formula is C10H7BrO2. The number of hydrogen-bond donors (Lipinski definition) is 1. The molecule has 0 saturated carbocycles. The van der Waals surface area contributed by atoms with E-state index >= 15 is 0 Å². The molecule has 0 fully saturated rings. The molecule has 0 unspecified atom stereocenters. The molecular weight excluding hydrogens is 232 g/mol. The first-order chi connectivity index (χ1) is 6.20. The predicted octanol–water partition coefficient (Wildman–Crippen LogP) is 2.47. The molecule has 2 rings (SSSR count). The number of fused-ring (bicyclic) bond motifs is 1. The van der Waals surface area contributed by atoms with Gasteiger partial charge in [-0.25, -0.2) is 4.79 Å². The van der Waals surface area contributed by atoms with Crippen LogP contribution in [0.3, 0.4) is 0 Å². The van der Waals surface area contributed by atoms with Crippen LogP contribution in [-0.2, 0) is 11.2 Å². The highest BCUT2D eigenvalue weighted by Gasteiger charge is 2.20. The summed E-state index contributed by atoms with van der Waals surface area (Å²) < 4.78 is 0.984. The second-order valence-corrected chi connectivity index (χ2v) is 3.75. The lowest BCUT2D eigenvalue weighted by molar-refractivity contribution is -0.130. The second-order valence-electron chi connectivity index (χ2n) is 2.89. The third-order valence-electron chi connectivity index (χ3n) is 2.15. The standard InChI is InChI=1S/C10H7BrO2/c11-9-3-1-2-6-7(9)4-5-8(6)10(12)13/h1-3,5H,4H2,(H,12,13). The maximum absolute atomic E-state index is 10.8. The van der Waals surface area contributed by atoms with Crippen molar-refractivity contribution in [2.24, 2.45) is 0 Å². The van der Waals surface area contributed by atoms with Crippen molar-refractivity contribution < 1.29 is 9.90 Å². The average molecular weight is 239 g/mol. The molecule has 1 aromatic rings. The number of allylic oxidation sites excluding steroid dienone is 1. The minimum Gasteiger partial charge on any atom is -0.478 e. The molecule has 0 saturated heterocycles. The zero-order chi connectivity index (χ0) is 9.42. The van der Waals surface area contributed by atoms with Crippen LogP contribution in [0.5, 0.6) is 0 Å². The van der Waals surface area contributed by atoms with Gasteiger partial charge in [-0.1, -0.05) is 34.1 Å². The number of aliphatic carboxylic acids is 1. The van der Waals surface area contributed by atoms with Crippen LogP contribution in [0.2, 0.25) is 0 Å². The Kier molecular flexibility index (Phi) is 1.96. The highest BCUT2D eigenvalue weighted by atomic mass is 79.9. The van der Waals surface area contributed by atoms with Gasteiger partial charge in [0.05, 0.1) is 5.57 Å². The van der Waals surface area contributed by atoms with Crippen LogP contribution in [0.1, 0.15) is 11.1 Å². The van der Waals surface area contributed by atoms with Gasteiger partial charge in [0.25, 0.3) is 0 Å². The van der Waals surface area contributed by atoms with Crippen molar-refractivity contribution in [1.29, 1.82) is 0 Å². The summed E-state index contributed by atoms with van der Waals surface area (Å²) in [6, 6.07) is 5.62. The summed E-state index contributed by atoms with van der Waals surface area (Å²) >= 11 is 3.40. The number of carboxylic acid groups (broad SMARTS) is 1. The molecule has 1 aliphatic rings. The van der Waals surface area contributed by atoms with E-state index in [-0.39, 0.29) is 0 Å². The van der Waals surface area contributed by atoms with Gasteiger partial charge in [0, 0.05) is 4.47 Å². The van der Waals surface area contributed by atoms with E-state index in [0.717, 1.165) is 15.6 Å². The Morgan fingerprint density at radius 2 is 2.23 bits per heavy atom. The summed E-state index contributed by atoms with van der Waals surface area (Å²) in [5, 5.41) is 8.87. The molecule has 2 nitrogen and oxygen atoms in total. The van der Waals surface area contributed by atoms with Gasteiger partial charge in [-0.15, -0.1) is 0 Å². The third-order valence-corrected chi connectivity index (χ3v) is 2.89. The Morgan fingerprint density at radius 3 is 2.92 bits per heavy atom. The van der Waals surface area contributed by atoms with Crippen molar-refractivity contribution in [3.8, 4) is 0 Å². The van der Waals surface area contributed by atoms with E-state index in [1.807, 2.05) is 18.2 Å². The minimum atomic E-state index is -0.850. The lowest BCUT2D eigenvalue weighted by Crippen LogP contribution is -1.97. The normalized spacial score (nSPS) is 13.8. The largest absolute Gasteiger partial charge is 0.478 e. The Labute approximate surface area is 84.0 Å². The zero-order valence-electron chi connectivity index (χ0n) is 6.75. The number of carbonyl (C=O) groups is 1. The van der Waals surface area contributed by atoms with Crippen molar-refractivity contribution in [3.05, 3.63) is 39.9 Å². The van der Waals surface area contributed by atoms with Crippen LogP contribution in [0.25, 0.3) is 5.57 Å². The molecule has 0 radical (unpaired) electrons. The van der Waals surface area contributed by atoms with Crippen molar-refractivity contribution in [3.63, 3.8) is 0 Å². The lowest BCUT2D eigenvalue weighted by atomic mass is 10.1. The second kappa shape index (κ2) is 3.00. The van der Waals surface area contributed by atoms with Crippen molar-refractivity contribution in [1.82, 2.24) is 0 Å². The van der Waals surface area contributed by atoms with E-state index in [1.165, 1.54) is 0 Å². The average Bonchev–Trinajstić information content (AvgIpc) is 2.48. The van der Waals surface area contributed by atoms with Gasteiger partial charge >= 0.3 is 5.97 Å². The van der Waals surface area contributed by atoms with Gasteiger partial charge in [0.15, 0.2) is 0 Å². The van der Waals surface area contributed by atoms with Crippen LogP contribution in [-0.4, -0.2) is 11.1 Å². The van der Waals surface area contributed by atoms with E-state index in [0.29, 0.717) is 12.0 Å². The predicted molar refractivity (Wildman–Crippen MR) is 53.5 cm³/mol. The highest BCUT2D eigenvalue weighted by molar-refractivity contribution is 9.10. The van der Waals surface area contributed by atoms with Gasteiger partial charge in [-0.3, -0.25) is 0 Å². The number of carboxylic acids is 1. The van der Waals surface area contributed by atoms with Gasteiger partial charge in [0.1, 0.15) is 0 Å². The Balaban J connectivity index is 2.56. The van der Waals surface area contributed by atoms with Crippen molar-refractivity contribution >= 4 is 27.5 Å². The molecule has 1 N–H and O–H groups in total. The lowest BCUT2D eigenvalue weighted by Gasteiger charge is -2.02. The number of halogens is 1. The van der Waals surface area contributed by atoms with E-state index in [2.05, 4.69) is 15.9 Å². The van der Waals surface area contributed by atoms with Crippen LogP contribution >= 0.6 is 15.9 Å². The fourth-order valence-corrected chi connectivity index (χ4v) is 2.06. The summed E-state index contributed by atoms with van der Waals surface area (Å²) in [5.41, 5.74) is 2.32. The van der Waals surface area contributed by atoms with Crippen molar-refractivity contribution in [2.75, 3.05) is 0 Å². The SMILES string of the molecule is O=C(O)C1=CCc2c(Br)cccc21. The van der Waals surface area contributed by atoms with E-state index in [4.69, 9.17) is 5.11 Å². The Bertz CT molecular complexity index is 407. The maximum Gasteiger partial charge on any atom is 0.335 e. The maximum atomic E-state index is 10.8. The summed E-state index contributed by atoms with van der Waals surface area (Å²) in [5.74, 6) is -0.850. The number of rotatable bonds is 1. The molecule has 3 heteroatoms. The highest BCUT2D eigenvalue weighted by Crippen LogP contribution is 2.32. The van der Waals surface area contributed by atoms with Crippen LogP contribution < -0.4 is 0 Å². The first-order valence-electron chi connectivity index (χ1n) is 3.91. The molecule has 0 amide bonds. The minimum absolute atomic E-state index is 0.413. The molecule has 66 valence electrons. The van der Waals surface area contributed by atoms with E-state index < -0.39 is 5.97 Å². The Hall–Kier alpha value is -1.09. The Morgan fingerprint density at radius 1 is 1.46 bits per heavy atom. The molecule has 0 aliphatic heterocycles. The van der Waals surface area contributed by atoms with Gasteiger partial charge in [-0.2, -0.15) is 0 Å². The molecule has 0 aromatic heterocycles. The molecule has 0 atom stereocenters. The van der Waals surface area contributed by atoms with Crippen LogP contribution in [0, 0.1) is 0 Å². The first kappa shape index (κ1) is 8.51.